The van der Waals surface area contributed by atoms with E-state index in [1.807, 2.05) is 13.8 Å². The molecule has 1 unspecified atom stereocenters. The molecule has 0 aliphatic carbocycles. The van der Waals surface area contributed by atoms with Gasteiger partial charge in [0.05, 0.1) is 0 Å². The summed E-state index contributed by atoms with van der Waals surface area (Å²) in [6.45, 7) is 5.23. The van der Waals surface area contributed by atoms with E-state index in [9.17, 15) is 18.0 Å². The smallest absolute Gasteiger partial charge is 0.340 e. The lowest BCUT2D eigenvalue weighted by molar-refractivity contribution is -0.193. The van der Waals surface area contributed by atoms with Crippen LogP contribution in [0.3, 0.4) is 0 Å². The Bertz CT molecular complexity index is 297. The summed E-state index contributed by atoms with van der Waals surface area (Å²) in [5, 5.41) is 0. The Morgan fingerprint density at radius 1 is 1.38 bits per heavy atom. The van der Waals surface area contributed by atoms with Gasteiger partial charge >= 0.3 is 6.18 Å². The van der Waals surface area contributed by atoms with Crippen molar-refractivity contribution in [1.29, 1.82) is 0 Å². The molecule has 1 heterocycles. The van der Waals surface area contributed by atoms with Crippen molar-refractivity contribution < 1.29 is 18.0 Å². The van der Waals surface area contributed by atoms with Gasteiger partial charge in [-0.05, 0) is 18.8 Å². The van der Waals surface area contributed by atoms with Gasteiger partial charge < -0.3 is 10.6 Å². The molecule has 0 spiro atoms. The van der Waals surface area contributed by atoms with E-state index in [0.717, 1.165) is 6.92 Å². The average molecular weight is 238 g/mol. The number of halogens is 3. The first kappa shape index (κ1) is 13.3. The number of hydrogen-bond donors (Lipinski definition) is 1. The molecule has 0 aromatic rings. The van der Waals surface area contributed by atoms with Crippen LogP contribution in [0.25, 0.3) is 0 Å². The van der Waals surface area contributed by atoms with Gasteiger partial charge in [0.15, 0.2) is 5.54 Å². The summed E-state index contributed by atoms with van der Waals surface area (Å²) < 4.78 is 37.7. The average Bonchev–Trinajstić information content (AvgIpc) is 2.42. The molecule has 1 amide bonds. The summed E-state index contributed by atoms with van der Waals surface area (Å²) >= 11 is 0. The maximum absolute atomic E-state index is 12.6. The highest BCUT2D eigenvalue weighted by molar-refractivity contribution is 5.87. The molecule has 1 aliphatic heterocycles. The van der Waals surface area contributed by atoms with E-state index < -0.39 is 17.6 Å². The molecule has 16 heavy (non-hydrogen) atoms. The van der Waals surface area contributed by atoms with Gasteiger partial charge in [-0.1, -0.05) is 13.8 Å². The highest BCUT2D eigenvalue weighted by Gasteiger charge is 2.56. The van der Waals surface area contributed by atoms with Crippen LogP contribution in [0.2, 0.25) is 0 Å². The second kappa shape index (κ2) is 3.61. The van der Waals surface area contributed by atoms with E-state index in [0.29, 0.717) is 19.5 Å². The fourth-order valence-corrected chi connectivity index (χ4v) is 1.74. The lowest BCUT2D eigenvalue weighted by Crippen LogP contribution is -2.61. The van der Waals surface area contributed by atoms with Crippen molar-refractivity contribution in [2.45, 2.75) is 38.9 Å². The fourth-order valence-electron chi connectivity index (χ4n) is 1.74. The van der Waals surface area contributed by atoms with E-state index in [-0.39, 0.29) is 5.41 Å². The van der Waals surface area contributed by atoms with Crippen LogP contribution in [0.4, 0.5) is 13.2 Å². The zero-order valence-electron chi connectivity index (χ0n) is 9.69. The van der Waals surface area contributed by atoms with Crippen LogP contribution in [0, 0.1) is 5.41 Å². The third-order valence-corrected chi connectivity index (χ3v) is 3.00. The predicted octanol–water partition coefficient (Wildman–Crippen LogP) is 1.52. The van der Waals surface area contributed by atoms with Gasteiger partial charge in [0, 0.05) is 13.1 Å². The number of likely N-dealkylation sites (tertiary alicyclic amines) is 1. The molecule has 0 aromatic heterocycles. The molecule has 0 saturated carbocycles. The molecule has 6 heteroatoms. The van der Waals surface area contributed by atoms with Crippen molar-refractivity contribution >= 4 is 5.91 Å². The minimum atomic E-state index is -4.71. The molecule has 3 nitrogen and oxygen atoms in total. The maximum atomic E-state index is 12.6. The number of carbonyl (C=O) groups is 1. The number of nitrogens with two attached hydrogens (primary N) is 1. The molecule has 0 aromatic carbocycles. The van der Waals surface area contributed by atoms with Crippen LogP contribution in [0.15, 0.2) is 0 Å². The SMILES string of the molecule is CC1(C)CCN(C(=O)C(C)(N)C(F)(F)F)C1. The molecule has 0 radical (unpaired) electrons. The van der Waals surface area contributed by atoms with Crippen molar-refractivity contribution in [1.82, 2.24) is 4.90 Å². The lowest BCUT2D eigenvalue weighted by Gasteiger charge is -2.31. The first-order valence-corrected chi connectivity index (χ1v) is 5.12. The second-order valence-electron chi connectivity index (χ2n) is 5.34. The molecule has 1 fully saturated rings. The number of nitrogens with zero attached hydrogens (tertiary/aromatic N) is 1. The van der Waals surface area contributed by atoms with Crippen LogP contribution < -0.4 is 5.73 Å². The standard InChI is InChI=1S/C10H17F3N2O/c1-8(2)4-5-15(6-8)7(16)9(3,14)10(11,12)13/h4-6,14H2,1-3H3. The molecule has 1 rings (SSSR count). The quantitative estimate of drug-likeness (QED) is 0.753. The molecule has 94 valence electrons. The molecule has 1 saturated heterocycles. The monoisotopic (exact) mass is 238 g/mol. The predicted molar refractivity (Wildman–Crippen MR) is 53.6 cm³/mol. The number of hydrogen-bond acceptors (Lipinski definition) is 2. The summed E-state index contributed by atoms with van der Waals surface area (Å²) in [7, 11) is 0. The van der Waals surface area contributed by atoms with Crippen molar-refractivity contribution in [3.05, 3.63) is 0 Å². The van der Waals surface area contributed by atoms with E-state index in [1.165, 1.54) is 4.90 Å². The summed E-state index contributed by atoms with van der Waals surface area (Å²) in [5.41, 5.74) is 2.18. The summed E-state index contributed by atoms with van der Waals surface area (Å²) in [6, 6.07) is 0. The first-order chi connectivity index (χ1) is 6.97. The third kappa shape index (κ3) is 2.31. The zero-order chi connectivity index (χ0) is 12.8. The fraction of sp³-hybridized carbons (Fsp3) is 0.900. The van der Waals surface area contributed by atoms with Gasteiger partial charge in [-0.3, -0.25) is 4.79 Å². The third-order valence-electron chi connectivity index (χ3n) is 3.00. The zero-order valence-corrected chi connectivity index (χ0v) is 9.69. The second-order valence-corrected chi connectivity index (χ2v) is 5.34. The van der Waals surface area contributed by atoms with Crippen LogP contribution >= 0.6 is 0 Å². The van der Waals surface area contributed by atoms with Gasteiger partial charge in [-0.2, -0.15) is 13.2 Å². The highest BCUT2D eigenvalue weighted by Crippen LogP contribution is 2.34. The molecule has 1 atom stereocenters. The van der Waals surface area contributed by atoms with E-state index in [2.05, 4.69) is 0 Å². The molecule has 2 N–H and O–H groups in total. The van der Waals surface area contributed by atoms with Crippen molar-refractivity contribution in [2.75, 3.05) is 13.1 Å². The van der Waals surface area contributed by atoms with Crippen LogP contribution in [-0.2, 0) is 4.79 Å². The lowest BCUT2D eigenvalue weighted by atomic mass is 9.93. The van der Waals surface area contributed by atoms with Crippen LogP contribution in [0.1, 0.15) is 27.2 Å². The summed E-state index contributed by atoms with van der Waals surface area (Å²) in [5.74, 6) is -1.04. The molecular weight excluding hydrogens is 221 g/mol. The van der Waals surface area contributed by atoms with Crippen molar-refractivity contribution in [2.24, 2.45) is 11.1 Å². The minimum Gasteiger partial charge on any atom is -0.340 e. The van der Waals surface area contributed by atoms with Gasteiger partial charge in [0.25, 0.3) is 5.91 Å². The molecule has 1 aliphatic rings. The Kier molecular flexibility index (Phi) is 3.00. The number of amides is 1. The van der Waals surface area contributed by atoms with E-state index in [4.69, 9.17) is 5.73 Å². The Balaban J connectivity index is 2.81. The summed E-state index contributed by atoms with van der Waals surface area (Å²) in [6.07, 6.45) is -4.01. The van der Waals surface area contributed by atoms with Crippen LogP contribution in [-0.4, -0.2) is 35.6 Å². The Morgan fingerprint density at radius 2 is 1.88 bits per heavy atom. The normalized spacial score (nSPS) is 24.3. The first-order valence-electron chi connectivity index (χ1n) is 5.12. The van der Waals surface area contributed by atoms with E-state index in [1.54, 1.807) is 0 Å². The number of alkyl halides is 3. The number of carbonyl (C=O) groups excluding carboxylic acids is 1. The molecule has 0 bridgehead atoms. The largest absolute Gasteiger partial charge is 0.415 e. The van der Waals surface area contributed by atoms with Gasteiger partial charge in [-0.25, -0.2) is 0 Å². The Labute approximate surface area is 92.8 Å². The Morgan fingerprint density at radius 3 is 2.19 bits per heavy atom. The maximum Gasteiger partial charge on any atom is 0.415 e. The van der Waals surface area contributed by atoms with Crippen LogP contribution in [0.5, 0.6) is 0 Å². The summed E-state index contributed by atoms with van der Waals surface area (Å²) in [4.78, 5) is 12.9. The number of rotatable bonds is 1. The topological polar surface area (TPSA) is 46.3 Å². The van der Waals surface area contributed by atoms with Crippen molar-refractivity contribution in [3.63, 3.8) is 0 Å². The van der Waals surface area contributed by atoms with Gasteiger partial charge in [0.1, 0.15) is 0 Å². The van der Waals surface area contributed by atoms with Gasteiger partial charge in [-0.15, -0.1) is 0 Å². The van der Waals surface area contributed by atoms with Gasteiger partial charge in [0.2, 0.25) is 0 Å². The van der Waals surface area contributed by atoms with E-state index >= 15 is 0 Å². The minimum absolute atomic E-state index is 0.128. The Hall–Kier alpha value is -0.780. The molecular formula is C10H17F3N2O. The van der Waals surface area contributed by atoms with Crippen molar-refractivity contribution in [3.8, 4) is 0 Å². The highest BCUT2D eigenvalue weighted by atomic mass is 19.4.